The zero-order valence-electron chi connectivity index (χ0n) is 19.3. The SMILES string of the molecule is CC(Sc1nc2sc3c(c2c(=O)n1-c1ccccc1)CCCC3)C(=O)NC(C)(C#N)C(C)C. The molecule has 3 aromatic rings. The van der Waals surface area contributed by atoms with E-state index in [1.807, 2.05) is 44.2 Å². The summed E-state index contributed by atoms with van der Waals surface area (Å²) in [6, 6.07) is 11.7. The molecule has 0 aliphatic heterocycles. The van der Waals surface area contributed by atoms with Gasteiger partial charge < -0.3 is 5.32 Å². The number of rotatable bonds is 6. The number of fused-ring (bicyclic) bond motifs is 3. The summed E-state index contributed by atoms with van der Waals surface area (Å²) in [7, 11) is 0. The maximum atomic E-state index is 13.8. The number of carbonyl (C=O) groups excluding carboxylic acids is 1. The molecule has 0 radical (unpaired) electrons. The Morgan fingerprint density at radius 3 is 2.61 bits per heavy atom. The van der Waals surface area contributed by atoms with Gasteiger partial charge in [0.1, 0.15) is 10.4 Å². The number of hydrogen-bond donors (Lipinski definition) is 1. The molecule has 2 unspecified atom stereocenters. The van der Waals surface area contributed by atoms with Crippen LogP contribution in [-0.2, 0) is 17.6 Å². The molecule has 0 spiro atoms. The van der Waals surface area contributed by atoms with Crippen LogP contribution in [0, 0.1) is 17.2 Å². The molecule has 2 atom stereocenters. The number of para-hydroxylation sites is 1. The van der Waals surface area contributed by atoms with Crippen molar-refractivity contribution < 1.29 is 4.79 Å². The number of amides is 1. The third-order valence-electron chi connectivity index (χ3n) is 6.39. The van der Waals surface area contributed by atoms with Gasteiger partial charge in [0.25, 0.3) is 5.56 Å². The molecular formula is C25H28N4O2S2. The van der Waals surface area contributed by atoms with Crippen LogP contribution >= 0.6 is 23.1 Å². The lowest BCUT2D eigenvalue weighted by molar-refractivity contribution is -0.121. The first-order valence-corrected chi connectivity index (χ1v) is 13.0. The highest BCUT2D eigenvalue weighted by Gasteiger charge is 2.32. The first kappa shape index (κ1) is 23.5. The molecule has 0 fully saturated rings. The summed E-state index contributed by atoms with van der Waals surface area (Å²) in [4.78, 5) is 33.7. The fourth-order valence-corrected chi connectivity index (χ4v) is 6.17. The van der Waals surface area contributed by atoms with Gasteiger partial charge in [-0.05, 0) is 63.1 Å². The van der Waals surface area contributed by atoms with E-state index < -0.39 is 10.8 Å². The van der Waals surface area contributed by atoms with E-state index in [2.05, 4.69) is 11.4 Å². The Bertz CT molecular complexity index is 1290. The van der Waals surface area contributed by atoms with Crippen LogP contribution in [0.15, 0.2) is 40.3 Å². The van der Waals surface area contributed by atoms with E-state index in [1.54, 1.807) is 29.8 Å². The fraction of sp³-hybridized carbons (Fsp3) is 0.440. The van der Waals surface area contributed by atoms with Gasteiger partial charge in [-0.25, -0.2) is 4.98 Å². The molecule has 1 N–H and O–H groups in total. The molecule has 2 heterocycles. The predicted molar refractivity (Wildman–Crippen MR) is 134 cm³/mol. The number of thiophene rings is 1. The van der Waals surface area contributed by atoms with Crippen molar-refractivity contribution in [2.45, 2.75) is 69.3 Å². The van der Waals surface area contributed by atoms with E-state index in [0.29, 0.717) is 5.16 Å². The zero-order chi connectivity index (χ0) is 23.8. The van der Waals surface area contributed by atoms with Gasteiger partial charge in [-0.2, -0.15) is 5.26 Å². The summed E-state index contributed by atoms with van der Waals surface area (Å²) in [6.45, 7) is 7.32. The number of carbonyl (C=O) groups is 1. The normalized spacial score (nSPS) is 16.1. The van der Waals surface area contributed by atoms with E-state index in [-0.39, 0.29) is 17.4 Å². The molecule has 1 aliphatic carbocycles. The van der Waals surface area contributed by atoms with Crippen molar-refractivity contribution in [1.82, 2.24) is 14.9 Å². The number of aromatic nitrogens is 2. The van der Waals surface area contributed by atoms with Gasteiger partial charge in [0.15, 0.2) is 5.16 Å². The molecule has 4 rings (SSSR count). The van der Waals surface area contributed by atoms with Gasteiger partial charge in [0.2, 0.25) is 5.91 Å². The second-order valence-corrected chi connectivity index (χ2v) is 11.4. The number of nitriles is 1. The highest BCUT2D eigenvalue weighted by atomic mass is 32.2. The average molecular weight is 481 g/mol. The quantitative estimate of drug-likeness (QED) is 0.402. The van der Waals surface area contributed by atoms with Gasteiger partial charge in [-0.1, -0.05) is 43.8 Å². The average Bonchev–Trinajstić information content (AvgIpc) is 3.18. The number of benzene rings is 1. The van der Waals surface area contributed by atoms with E-state index in [0.717, 1.165) is 47.2 Å². The molecule has 2 aromatic heterocycles. The Balaban J connectivity index is 1.78. The highest BCUT2D eigenvalue weighted by molar-refractivity contribution is 8.00. The van der Waals surface area contributed by atoms with Gasteiger partial charge >= 0.3 is 0 Å². The van der Waals surface area contributed by atoms with Crippen LogP contribution in [-0.4, -0.2) is 26.2 Å². The first-order valence-electron chi connectivity index (χ1n) is 11.3. The Hall–Kier alpha value is -2.63. The molecule has 0 saturated heterocycles. The van der Waals surface area contributed by atoms with Crippen LogP contribution in [0.5, 0.6) is 0 Å². The monoisotopic (exact) mass is 480 g/mol. The van der Waals surface area contributed by atoms with E-state index in [4.69, 9.17) is 4.98 Å². The number of aryl methyl sites for hydroxylation is 2. The van der Waals surface area contributed by atoms with Crippen molar-refractivity contribution in [3.8, 4) is 11.8 Å². The summed E-state index contributed by atoms with van der Waals surface area (Å²) < 4.78 is 1.63. The topological polar surface area (TPSA) is 87.8 Å². The summed E-state index contributed by atoms with van der Waals surface area (Å²) in [6.07, 6.45) is 4.13. The van der Waals surface area contributed by atoms with Crippen molar-refractivity contribution in [3.63, 3.8) is 0 Å². The largest absolute Gasteiger partial charge is 0.337 e. The molecule has 33 heavy (non-hydrogen) atoms. The second kappa shape index (κ2) is 9.32. The minimum Gasteiger partial charge on any atom is -0.337 e. The van der Waals surface area contributed by atoms with Crippen molar-refractivity contribution in [2.75, 3.05) is 0 Å². The Labute approximate surface area is 202 Å². The minimum absolute atomic E-state index is 0.0435. The molecular weight excluding hydrogens is 452 g/mol. The molecule has 172 valence electrons. The third-order valence-corrected chi connectivity index (χ3v) is 8.63. The van der Waals surface area contributed by atoms with E-state index in [9.17, 15) is 14.9 Å². The minimum atomic E-state index is -0.963. The molecule has 0 saturated carbocycles. The van der Waals surface area contributed by atoms with Crippen LogP contribution in [0.25, 0.3) is 15.9 Å². The number of thioether (sulfide) groups is 1. The van der Waals surface area contributed by atoms with E-state index in [1.165, 1.54) is 16.6 Å². The summed E-state index contributed by atoms with van der Waals surface area (Å²) in [5.41, 5.74) is 0.832. The smallest absolute Gasteiger partial charge is 0.267 e. The van der Waals surface area contributed by atoms with Crippen molar-refractivity contribution >= 4 is 39.2 Å². The Morgan fingerprint density at radius 2 is 1.94 bits per heavy atom. The molecule has 1 amide bonds. The van der Waals surface area contributed by atoms with Crippen molar-refractivity contribution in [2.24, 2.45) is 5.92 Å². The Kier molecular flexibility index (Phi) is 6.64. The van der Waals surface area contributed by atoms with Gasteiger partial charge in [0.05, 0.1) is 22.4 Å². The maximum absolute atomic E-state index is 13.8. The lowest BCUT2D eigenvalue weighted by Crippen LogP contribution is -2.51. The predicted octanol–water partition coefficient (Wildman–Crippen LogP) is 4.86. The lowest BCUT2D eigenvalue weighted by atomic mass is 9.90. The molecule has 1 aliphatic rings. The number of nitrogens with zero attached hydrogens (tertiary/aromatic N) is 3. The van der Waals surface area contributed by atoms with Crippen LogP contribution in [0.1, 0.15) is 51.0 Å². The van der Waals surface area contributed by atoms with Crippen molar-refractivity contribution in [1.29, 1.82) is 5.26 Å². The first-order chi connectivity index (χ1) is 15.7. The number of nitrogens with one attached hydrogen (secondary N) is 1. The van der Waals surface area contributed by atoms with Gasteiger partial charge in [0, 0.05) is 4.88 Å². The third kappa shape index (κ3) is 4.44. The van der Waals surface area contributed by atoms with Crippen LogP contribution in [0.4, 0.5) is 0 Å². The van der Waals surface area contributed by atoms with Crippen molar-refractivity contribution in [3.05, 3.63) is 51.1 Å². The zero-order valence-corrected chi connectivity index (χ0v) is 21.0. The Morgan fingerprint density at radius 1 is 1.24 bits per heavy atom. The lowest BCUT2D eigenvalue weighted by Gasteiger charge is -2.28. The molecule has 6 nitrogen and oxygen atoms in total. The van der Waals surface area contributed by atoms with Crippen LogP contribution in [0.3, 0.4) is 0 Å². The van der Waals surface area contributed by atoms with Gasteiger partial charge in [-0.15, -0.1) is 11.3 Å². The molecule has 8 heteroatoms. The summed E-state index contributed by atoms with van der Waals surface area (Å²) in [5, 5.41) is 13.1. The van der Waals surface area contributed by atoms with Crippen LogP contribution < -0.4 is 10.9 Å². The van der Waals surface area contributed by atoms with Crippen LogP contribution in [0.2, 0.25) is 0 Å². The standard InChI is InChI=1S/C25H28N4O2S2/c1-15(2)25(4,14-26)28-21(30)16(3)32-24-27-22-20(18-12-8-9-13-19(18)33-22)23(31)29(24)17-10-6-5-7-11-17/h5-7,10-11,15-16H,8-9,12-13H2,1-4H3,(H,28,30). The maximum Gasteiger partial charge on any atom is 0.267 e. The van der Waals surface area contributed by atoms with Gasteiger partial charge in [-0.3, -0.25) is 14.2 Å². The fourth-order valence-electron chi connectivity index (χ4n) is 3.94. The summed E-state index contributed by atoms with van der Waals surface area (Å²) in [5.74, 6) is -0.296. The van der Waals surface area contributed by atoms with E-state index >= 15 is 0 Å². The highest BCUT2D eigenvalue weighted by Crippen LogP contribution is 2.36. The second-order valence-electron chi connectivity index (χ2n) is 8.98. The number of hydrogen-bond acceptors (Lipinski definition) is 6. The summed E-state index contributed by atoms with van der Waals surface area (Å²) >= 11 is 2.85. The molecule has 1 aromatic carbocycles. The molecule has 0 bridgehead atoms.